The number of amides is 2. The molecule has 40 heavy (non-hydrogen) atoms. The number of hydrogen-bond donors (Lipinski definition) is 2. The van der Waals surface area contributed by atoms with E-state index < -0.39 is 0 Å². The Hall–Kier alpha value is -3.80. The summed E-state index contributed by atoms with van der Waals surface area (Å²) in [6.45, 7) is 8.88. The first-order chi connectivity index (χ1) is 19.2. The summed E-state index contributed by atoms with van der Waals surface area (Å²) >= 11 is 0. The normalized spacial score (nSPS) is 12.8. The van der Waals surface area contributed by atoms with Crippen LogP contribution in [0.4, 0.5) is 5.69 Å². The second-order valence-electron chi connectivity index (χ2n) is 11.3. The van der Waals surface area contributed by atoms with Crippen LogP contribution in [0.15, 0.2) is 72.8 Å². The summed E-state index contributed by atoms with van der Waals surface area (Å²) in [5.74, 6) is 0.830. The lowest BCUT2D eigenvalue weighted by atomic mass is 9.68. The van der Waals surface area contributed by atoms with Gasteiger partial charge in [0.2, 0.25) is 5.91 Å². The van der Waals surface area contributed by atoms with E-state index in [4.69, 9.17) is 9.47 Å². The Bertz CT molecular complexity index is 1230. The molecule has 0 radical (unpaired) electrons. The predicted molar refractivity (Wildman–Crippen MR) is 162 cm³/mol. The Morgan fingerprint density at radius 3 is 2.10 bits per heavy atom. The zero-order valence-corrected chi connectivity index (χ0v) is 24.8. The second-order valence-corrected chi connectivity index (χ2v) is 11.3. The van der Waals surface area contributed by atoms with Gasteiger partial charge in [-0.15, -0.1) is 0 Å². The molecule has 0 saturated carbocycles. The number of nitrogens with one attached hydrogen (secondary N) is 2. The maximum atomic E-state index is 14.1. The van der Waals surface area contributed by atoms with E-state index in [2.05, 4.69) is 38.3 Å². The highest BCUT2D eigenvalue weighted by Gasteiger charge is 2.41. The highest BCUT2D eigenvalue weighted by molar-refractivity contribution is 5.95. The molecule has 6 nitrogen and oxygen atoms in total. The van der Waals surface area contributed by atoms with Crippen LogP contribution in [0.1, 0.15) is 80.8 Å². The van der Waals surface area contributed by atoms with E-state index in [0.717, 1.165) is 48.3 Å². The molecule has 2 unspecified atom stereocenters. The van der Waals surface area contributed by atoms with Gasteiger partial charge >= 0.3 is 0 Å². The molecular formula is C34H44N2O4. The van der Waals surface area contributed by atoms with Crippen molar-refractivity contribution in [3.8, 4) is 11.5 Å². The number of hydrogen-bond acceptors (Lipinski definition) is 4. The number of unbranched alkanes of at least 4 members (excludes halogenated alkanes) is 2. The Morgan fingerprint density at radius 1 is 0.850 bits per heavy atom. The molecule has 0 aliphatic rings. The predicted octanol–water partition coefficient (Wildman–Crippen LogP) is 7.60. The van der Waals surface area contributed by atoms with Crippen molar-refractivity contribution in [3.05, 3.63) is 89.5 Å². The van der Waals surface area contributed by atoms with Crippen molar-refractivity contribution in [2.75, 3.05) is 19.5 Å². The summed E-state index contributed by atoms with van der Waals surface area (Å²) in [6.07, 6.45) is 4.02. The van der Waals surface area contributed by atoms with Gasteiger partial charge in [0.15, 0.2) is 0 Å². The number of rotatable bonds is 13. The molecular weight excluding hydrogens is 500 g/mol. The summed E-state index contributed by atoms with van der Waals surface area (Å²) < 4.78 is 11.6. The molecule has 0 spiro atoms. The fourth-order valence-corrected chi connectivity index (χ4v) is 5.37. The lowest BCUT2D eigenvalue weighted by molar-refractivity contribution is -0.124. The quantitative estimate of drug-likeness (QED) is 0.217. The molecule has 2 N–H and O–H groups in total. The van der Waals surface area contributed by atoms with Gasteiger partial charge in [0.05, 0.1) is 20.1 Å². The SMILES string of the molecule is CCCCCC(c1c(OC)cccc1OC)C(C(=O)Nc1cccc(CNC(=O)c2ccccc2)c1)C(C)(C)C. The van der Waals surface area contributed by atoms with Crippen molar-refractivity contribution < 1.29 is 19.1 Å². The maximum absolute atomic E-state index is 14.1. The molecule has 3 rings (SSSR count). The van der Waals surface area contributed by atoms with Crippen molar-refractivity contribution in [2.45, 2.75) is 65.8 Å². The largest absolute Gasteiger partial charge is 0.496 e. The number of ether oxygens (including phenoxy) is 2. The number of anilines is 1. The molecule has 0 saturated heterocycles. The fourth-order valence-electron chi connectivity index (χ4n) is 5.37. The van der Waals surface area contributed by atoms with Crippen LogP contribution >= 0.6 is 0 Å². The van der Waals surface area contributed by atoms with Crippen LogP contribution in [0.3, 0.4) is 0 Å². The molecule has 2 atom stereocenters. The van der Waals surface area contributed by atoms with Gasteiger partial charge in [0.1, 0.15) is 11.5 Å². The van der Waals surface area contributed by atoms with Crippen LogP contribution in [0.2, 0.25) is 0 Å². The van der Waals surface area contributed by atoms with Crippen molar-refractivity contribution in [2.24, 2.45) is 11.3 Å². The van der Waals surface area contributed by atoms with E-state index in [1.807, 2.05) is 60.7 Å². The van der Waals surface area contributed by atoms with Crippen LogP contribution in [0.5, 0.6) is 11.5 Å². The third-order valence-electron chi connectivity index (χ3n) is 7.26. The third-order valence-corrected chi connectivity index (χ3v) is 7.26. The molecule has 0 aromatic heterocycles. The zero-order valence-electron chi connectivity index (χ0n) is 24.8. The molecule has 3 aromatic rings. The molecule has 6 heteroatoms. The summed E-state index contributed by atoms with van der Waals surface area (Å²) in [5.41, 5.74) is 2.82. The maximum Gasteiger partial charge on any atom is 0.251 e. The Balaban J connectivity index is 1.88. The van der Waals surface area contributed by atoms with E-state index in [-0.39, 0.29) is 29.1 Å². The third kappa shape index (κ3) is 8.10. The monoisotopic (exact) mass is 544 g/mol. The Kier molecular flexibility index (Phi) is 11.2. The molecule has 2 amide bonds. The smallest absolute Gasteiger partial charge is 0.251 e. The lowest BCUT2D eigenvalue weighted by Crippen LogP contribution is -2.38. The second kappa shape index (κ2) is 14.5. The molecule has 0 aliphatic heterocycles. The summed E-state index contributed by atoms with van der Waals surface area (Å²) in [5, 5.41) is 6.15. The van der Waals surface area contributed by atoms with Gasteiger partial charge in [-0.3, -0.25) is 9.59 Å². The topological polar surface area (TPSA) is 76.7 Å². The van der Waals surface area contributed by atoms with Crippen molar-refractivity contribution >= 4 is 17.5 Å². The highest BCUT2D eigenvalue weighted by atomic mass is 16.5. The molecule has 0 fully saturated rings. The Morgan fingerprint density at radius 2 is 1.50 bits per heavy atom. The van der Waals surface area contributed by atoms with Gasteiger partial charge in [0, 0.05) is 29.3 Å². The summed E-state index contributed by atoms with van der Waals surface area (Å²) in [4.78, 5) is 26.6. The van der Waals surface area contributed by atoms with Crippen LogP contribution in [0.25, 0.3) is 0 Å². The van der Waals surface area contributed by atoms with Crippen molar-refractivity contribution in [1.82, 2.24) is 5.32 Å². The number of methoxy groups -OCH3 is 2. The minimum absolute atomic E-state index is 0.0487. The van der Waals surface area contributed by atoms with E-state index >= 15 is 0 Å². The van der Waals surface area contributed by atoms with Gasteiger partial charge < -0.3 is 20.1 Å². The van der Waals surface area contributed by atoms with Gasteiger partial charge in [-0.05, 0) is 53.8 Å². The van der Waals surface area contributed by atoms with E-state index in [0.29, 0.717) is 17.8 Å². The Labute approximate surface area is 239 Å². The minimum atomic E-state index is -0.351. The number of benzene rings is 3. The number of carbonyl (C=O) groups excluding carboxylic acids is 2. The van der Waals surface area contributed by atoms with Crippen LogP contribution in [-0.4, -0.2) is 26.0 Å². The average molecular weight is 545 g/mol. The van der Waals surface area contributed by atoms with Gasteiger partial charge in [-0.2, -0.15) is 0 Å². The molecule has 0 aliphatic carbocycles. The minimum Gasteiger partial charge on any atom is -0.496 e. The highest BCUT2D eigenvalue weighted by Crippen LogP contribution is 2.47. The van der Waals surface area contributed by atoms with Crippen molar-refractivity contribution in [3.63, 3.8) is 0 Å². The molecule has 0 heterocycles. The van der Waals surface area contributed by atoms with E-state index in [1.54, 1.807) is 26.4 Å². The lowest BCUT2D eigenvalue weighted by Gasteiger charge is -2.37. The van der Waals surface area contributed by atoms with Gasteiger partial charge in [-0.25, -0.2) is 0 Å². The molecule has 3 aromatic carbocycles. The summed E-state index contributed by atoms with van der Waals surface area (Å²) in [6, 6.07) is 22.6. The number of carbonyl (C=O) groups is 2. The fraction of sp³-hybridized carbons (Fsp3) is 0.412. The van der Waals surface area contributed by atoms with Crippen LogP contribution in [0, 0.1) is 11.3 Å². The van der Waals surface area contributed by atoms with E-state index in [1.165, 1.54) is 0 Å². The van der Waals surface area contributed by atoms with Gasteiger partial charge in [-0.1, -0.05) is 83.4 Å². The zero-order chi connectivity index (χ0) is 29.1. The first-order valence-corrected chi connectivity index (χ1v) is 14.1. The molecule has 214 valence electrons. The first kappa shape index (κ1) is 30.7. The molecule has 0 bridgehead atoms. The average Bonchev–Trinajstić information content (AvgIpc) is 2.94. The standard InChI is InChI=1S/C34H44N2O4/c1-7-8-10-19-27(30-28(39-5)20-14-21-29(30)40-6)31(34(2,3)4)33(38)36-26-18-13-15-24(22-26)23-35-32(37)25-16-11-9-12-17-25/h9,11-18,20-22,27,31H,7-8,10,19,23H2,1-6H3,(H,35,37)(H,36,38). The first-order valence-electron chi connectivity index (χ1n) is 14.1. The van der Waals surface area contributed by atoms with Crippen LogP contribution in [-0.2, 0) is 11.3 Å². The van der Waals surface area contributed by atoms with Gasteiger partial charge in [0.25, 0.3) is 5.91 Å². The van der Waals surface area contributed by atoms with Crippen LogP contribution < -0.4 is 20.1 Å². The summed E-state index contributed by atoms with van der Waals surface area (Å²) in [7, 11) is 3.32. The van der Waals surface area contributed by atoms with Crippen molar-refractivity contribution in [1.29, 1.82) is 0 Å². The van der Waals surface area contributed by atoms with E-state index in [9.17, 15) is 9.59 Å².